The minimum atomic E-state index is -0.800. The summed E-state index contributed by atoms with van der Waals surface area (Å²) in [6, 6.07) is -0.716. The number of carbonyl (C=O) groups is 2. The average molecular weight is 868 g/mol. The first-order valence-electron chi connectivity index (χ1n) is 26.6. The Morgan fingerprint density at radius 1 is 0.484 bits per heavy atom. The molecule has 62 heavy (non-hydrogen) atoms. The van der Waals surface area contributed by atoms with Crippen LogP contribution in [-0.2, 0) is 14.3 Å². The molecule has 3 atom stereocenters. The third-order valence-electron chi connectivity index (χ3n) is 11.9. The van der Waals surface area contributed by atoms with Gasteiger partial charge in [-0.05, 0) is 70.6 Å². The van der Waals surface area contributed by atoms with E-state index in [1.165, 1.54) is 116 Å². The van der Waals surface area contributed by atoms with Crippen molar-refractivity contribution in [2.75, 3.05) is 6.61 Å². The zero-order valence-electron chi connectivity index (χ0n) is 41.0. The molecule has 0 rings (SSSR count). The van der Waals surface area contributed by atoms with Crippen LogP contribution < -0.4 is 5.32 Å². The fourth-order valence-corrected chi connectivity index (χ4v) is 7.89. The number of carbonyl (C=O) groups excluding carboxylic acids is 2. The lowest BCUT2D eigenvalue weighted by molar-refractivity contribution is -0.151. The molecular weight excluding hydrogens is 767 g/mol. The van der Waals surface area contributed by atoms with Crippen LogP contribution in [0.1, 0.15) is 258 Å². The molecule has 6 nitrogen and oxygen atoms in total. The summed E-state index contributed by atoms with van der Waals surface area (Å²) in [6.45, 7) is 6.34. The molecule has 6 heteroatoms. The normalized spacial score (nSPS) is 13.7. The number of ether oxygens (including phenoxy) is 1. The molecule has 3 unspecified atom stereocenters. The Hall–Kier alpha value is -2.44. The van der Waals surface area contributed by atoms with Crippen molar-refractivity contribution >= 4 is 11.9 Å². The molecule has 0 spiro atoms. The zero-order valence-corrected chi connectivity index (χ0v) is 41.0. The molecule has 0 saturated heterocycles. The summed E-state index contributed by atoms with van der Waals surface area (Å²) in [6.07, 6.45) is 61.4. The number of unbranched alkanes of at least 4 members (excludes halogenated alkanes) is 28. The van der Waals surface area contributed by atoms with Gasteiger partial charge in [-0.25, -0.2) is 0 Å². The molecule has 0 saturated carbocycles. The van der Waals surface area contributed by atoms with E-state index >= 15 is 0 Å². The maximum atomic E-state index is 13.2. The van der Waals surface area contributed by atoms with Crippen LogP contribution in [0.3, 0.4) is 0 Å². The van der Waals surface area contributed by atoms with Crippen molar-refractivity contribution in [2.45, 2.75) is 277 Å². The largest absolute Gasteiger partial charge is 0.462 e. The fourth-order valence-electron chi connectivity index (χ4n) is 7.89. The Kier molecular flexibility index (Phi) is 47.6. The van der Waals surface area contributed by atoms with Gasteiger partial charge in [-0.1, -0.05) is 236 Å². The summed E-state index contributed by atoms with van der Waals surface area (Å²) in [4.78, 5) is 26.2. The Labute approximate surface area is 384 Å². The maximum Gasteiger partial charge on any atom is 0.306 e. The van der Waals surface area contributed by atoms with Gasteiger partial charge in [0.2, 0.25) is 5.91 Å². The van der Waals surface area contributed by atoms with Gasteiger partial charge in [0.05, 0.1) is 25.2 Å². The number of rotatable bonds is 47. The Balaban J connectivity index is 4.65. The Bertz CT molecular complexity index is 1110. The van der Waals surface area contributed by atoms with E-state index in [1.54, 1.807) is 0 Å². The van der Waals surface area contributed by atoms with Gasteiger partial charge in [-0.3, -0.25) is 9.59 Å². The number of amides is 1. The van der Waals surface area contributed by atoms with Gasteiger partial charge in [0, 0.05) is 6.42 Å². The van der Waals surface area contributed by atoms with E-state index in [0.717, 1.165) is 96.3 Å². The van der Waals surface area contributed by atoms with Crippen LogP contribution in [-0.4, -0.2) is 46.9 Å². The van der Waals surface area contributed by atoms with Crippen molar-refractivity contribution in [3.8, 4) is 0 Å². The monoisotopic (exact) mass is 868 g/mol. The molecule has 1 amide bonds. The SMILES string of the molecule is CC/C=C/C=C/C=C\CCCCCCCC(=O)OC(CCCCC/C=C/C=C/CCCCCCCCC)CC(=O)NC(CO)C(O)CCCCCCCCCCCCCCCC. The molecule has 360 valence electrons. The zero-order chi connectivity index (χ0) is 45.2. The first-order chi connectivity index (χ1) is 30.5. The second-order valence-electron chi connectivity index (χ2n) is 18.0. The van der Waals surface area contributed by atoms with E-state index in [1.807, 2.05) is 0 Å². The van der Waals surface area contributed by atoms with E-state index in [2.05, 4.69) is 86.8 Å². The predicted octanol–water partition coefficient (Wildman–Crippen LogP) is 16.0. The van der Waals surface area contributed by atoms with E-state index < -0.39 is 18.2 Å². The second kappa shape index (κ2) is 49.6. The van der Waals surface area contributed by atoms with Gasteiger partial charge < -0.3 is 20.3 Å². The first-order valence-corrected chi connectivity index (χ1v) is 26.6. The lowest BCUT2D eigenvalue weighted by Gasteiger charge is -2.24. The molecule has 0 aromatic carbocycles. The topological polar surface area (TPSA) is 95.9 Å². The number of aliphatic hydroxyl groups is 2. The standard InChI is InChI=1S/C56H101NO5/c1-4-7-10-13-16-19-22-25-27-28-30-32-35-38-41-44-47-52(62-56(61)49-46-43-40-37-34-29-24-21-18-15-12-9-6-3)50-55(60)57-53(51-58)54(59)48-45-42-39-36-33-31-26-23-20-17-14-11-8-5-2/h9,12,15,18,21,24,27-28,30,32,52-54,58-59H,4-8,10-11,13-14,16-17,19-20,22-23,25-26,29,31,33-51H2,1-3H3,(H,57,60)/b12-9+,18-15+,24-21-,28-27+,32-30+. The highest BCUT2D eigenvalue weighted by Gasteiger charge is 2.24. The predicted molar refractivity (Wildman–Crippen MR) is 268 cm³/mol. The highest BCUT2D eigenvalue weighted by molar-refractivity contribution is 5.77. The molecule has 0 aromatic heterocycles. The lowest BCUT2D eigenvalue weighted by Crippen LogP contribution is -2.46. The van der Waals surface area contributed by atoms with Crippen molar-refractivity contribution < 1.29 is 24.5 Å². The van der Waals surface area contributed by atoms with Gasteiger partial charge >= 0.3 is 5.97 Å². The molecule has 0 aromatic rings. The van der Waals surface area contributed by atoms with E-state index in [9.17, 15) is 19.8 Å². The number of hydrogen-bond acceptors (Lipinski definition) is 5. The Morgan fingerprint density at radius 3 is 1.34 bits per heavy atom. The van der Waals surface area contributed by atoms with Gasteiger partial charge in [0.25, 0.3) is 0 Å². The fraction of sp³-hybridized carbons (Fsp3) is 0.786. The lowest BCUT2D eigenvalue weighted by atomic mass is 10.0. The summed E-state index contributed by atoms with van der Waals surface area (Å²) in [5.74, 6) is -0.521. The van der Waals surface area contributed by atoms with Gasteiger partial charge in [-0.15, -0.1) is 0 Å². The highest BCUT2D eigenvalue weighted by atomic mass is 16.5. The number of nitrogens with one attached hydrogen (secondary N) is 1. The van der Waals surface area contributed by atoms with Crippen LogP contribution in [0.4, 0.5) is 0 Å². The highest BCUT2D eigenvalue weighted by Crippen LogP contribution is 2.17. The number of hydrogen-bond donors (Lipinski definition) is 3. The minimum Gasteiger partial charge on any atom is -0.462 e. The van der Waals surface area contributed by atoms with Crippen molar-refractivity contribution in [1.29, 1.82) is 0 Å². The van der Waals surface area contributed by atoms with E-state index in [-0.39, 0.29) is 24.9 Å². The summed E-state index contributed by atoms with van der Waals surface area (Å²) < 4.78 is 5.92. The van der Waals surface area contributed by atoms with Crippen LogP contribution in [0.5, 0.6) is 0 Å². The smallest absolute Gasteiger partial charge is 0.306 e. The molecule has 0 bridgehead atoms. The molecule has 0 heterocycles. The summed E-state index contributed by atoms with van der Waals surface area (Å²) in [7, 11) is 0. The number of aliphatic hydroxyl groups excluding tert-OH is 2. The summed E-state index contributed by atoms with van der Waals surface area (Å²) in [5.41, 5.74) is 0. The van der Waals surface area contributed by atoms with Gasteiger partial charge in [0.15, 0.2) is 0 Å². The molecule has 0 aliphatic carbocycles. The van der Waals surface area contributed by atoms with Crippen molar-refractivity contribution in [3.05, 3.63) is 60.8 Å². The quantitative estimate of drug-likeness (QED) is 0.0322. The van der Waals surface area contributed by atoms with Crippen LogP contribution in [0.2, 0.25) is 0 Å². The number of esters is 1. The molecule has 3 N–H and O–H groups in total. The van der Waals surface area contributed by atoms with Crippen LogP contribution in [0.25, 0.3) is 0 Å². The summed E-state index contributed by atoms with van der Waals surface area (Å²) in [5, 5.41) is 23.8. The van der Waals surface area contributed by atoms with Crippen molar-refractivity contribution in [1.82, 2.24) is 5.32 Å². The van der Waals surface area contributed by atoms with Gasteiger partial charge in [0.1, 0.15) is 6.10 Å². The Morgan fingerprint density at radius 2 is 0.871 bits per heavy atom. The molecule has 0 fully saturated rings. The molecular formula is C56H101NO5. The van der Waals surface area contributed by atoms with Crippen LogP contribution in [0, 0.1) is 0 Å². The molecule has 0 aliphatic heterocycles. The first kappa shape index (κ1) is 59.6. The molecule has 0 radical (unpaired) electrons. The van der Waals surface area contributed by atoms with Crippen molar-refractivity contribution in [3.63, 3.8) is 0 Å². The third kappa shape index (κ3) is 44.2. The third-order valence-corrected chi connectivity index (χ3v) is 11.9. The van der Waals surface area contributed by atoms with Crippen LogP contribution in [0.15, 0.2) is 60.8 Å². The van der Waals surface area contributed by atoms with Crippen LogP contribution >= 0.6 is 0 Å². The van der Waals surface area contributed by atoms with E-state index in [0.29, 0.717) is 19.3 Å². The average Bonchev–Trinajstić information content (AvgIpc) is 3.26. The maximum absolute atomic E-state index is 13.2. The number of allylic oxidation sites excluding steroid dienone is 10. The minimum absolute atomic E-state index is 0.0504. The van der Waals surface area contributed by atoms with Gasteiger partial charge in [-0.2, -0.15) is 0 Å². The summed E-state index contributed by atoms with van der Waals surface area (Å²) >= 11 is 0. The van der Waals surface area contributed by atoms with Crippen molar-refractivity contribution in [2.24, 2.45) is 0 Å². The second-order valence-corrected chi connectivity index (χ2v) is 18.0. The van der Waals surface area contributed by atoms with E-state index in [4.69, 9.17) is 4.74 Å². The molecule has 0 aliphatic rings.